The van der Waals surface area contributed by atoms with Gasteiger partial charge < -0.3 is 1.43 Å². The normalized spacial score (nSPS) is 5.83. The third-order valence-electron chi connectivity index (χ3n) is 0.0825. The molecule has 0 radical (unpaired) electrons. The largest absolute Gasteiger partial charge is 1.00 e. The zero-order chi connectivity index (χ0) is 4.28. The third kappa shape index (κ3) is 8.92. The predicted molar refractivity (Wildman–Crippen MR) is 12.5 cm³/mol. The minimum absolute atomic E-state index is 0. The molecular formula is C2H2F3Li. The van der Waals surface area contributed by atoms with Gasteiger partial charge in [0.15, 0.2) is 6.33 Å². The zero-order valence-corrected chi connectivity index (χ0v) is 3.21. The smallest absolute Gasteiger partial charge is 1.00 e. The molecular weight excluding hydrogens is 88.0 g/mol. The molecule has 0 bridgehead atoms. The Morgan fingerprint density at radius 2 is 1.67 bits per heavy atom. The quantitative estimate of drug-likeness (QED) is 0.328. The summed E-state index contributed by atoms with van der Waals surface area (Å²) in [4.78, 5) is 0. The monoisotopic (exact) mass is 90.0 g/mol. The van der Waals surface area contributed by atoms with Crippen LogP contribution < -0.4 is 18.9 Å². The maximum absolute atomic E-state index is 10.2. The number of rotatable bonds is 0. The predicted octanol–water partition coefficient (Wildman–Crippen LogP) is -1.19. The molecule has 0 atom stereocenters. The maximum atomic E-state index is 10.2. The fraction of sp³-hybridized carbons (Fsp3) is 0. The first kappa shape index (κ1) is 9.46. The Morgan fingerprint density at radius 3 is 1.67 bits per heavy atom. The minimum atomic E-state index is -2.29. The molecule has 0 spiro atoms. The summed E-state index contributed by atoms with van der Waals surface area (Å²) in [5, 5.41) is 0. The second-order valence-corrected chi connectivity index (χ2v) is 0.399. The van der Waals surface area contributed by atoms with Gasteiger partial charge in [0.2, 0.25) is 0 Å². The molecule has 0 aromatic rings. The van der Waals surface area contributed by atoms with Gasteiger partial charge in [0.25, 0.3) is 6.08 Å². The summed E-state index contributed by atoms with van der Waals surface area (Å²) in [5.74, 6) is 0. The summed E-state index contributed by atoms with van der Waals surface area (Å²) in [6, 6.07) is 0. The van der Waals surface area contributed by atoms with Crippen LogP contribution in [0.1, 0.15) is 1.43 Å². The van der Waals surface area contributed by atoms with Gasteiger partial charge in [0, 0.05) is 0 Å². The second kappa shape index (κ2) is 5.13. The SMILES string of the molecule is FC=C(F)F.[H-].[Li+]. The van der Waals surface area contributed by atoms with E-state index in [-0.39, 0.29) is 20.3 Å². The number of hydrogen-bond acceptors (Lipinski definition) is 0. The van der Waals surface area contributed by atoms with Crippen LogP contribution in [0.3, 0.4) is 0 Å². The van der Waals surface area contributed by atoms with Crippen LogP contribution in [0, 0.1) is 0 Å². The molecule has 0 fully saturated rings. The van der Waals surface area contributed by atoms with E-state index in [9.17, 15) is 13.2 Å². The summed E-state index contributed by atoms with van der Waals surface area (Å²) in [5.41, 5.74) is 0. The molecule has 0 aliphatic carbocycles. The molecule has 6 heavy (non-hydrogen) atoms. The van der Waals surface area contributed by atoms with Gasteiger partial charge in [-0.25, -0.2) is 4.39 Å². The van der Waals surface area contributed by atoms with Crippen molar-refractivity contribution in [3.05, 3.63) is 12.4 Å². The van der Waals surface area contributed by atoms with Crippen molar-refractivity contribution in [1.82, 2.24) is 0 Å². The minimum Gasteiger partial charge on any atom is -1.00 e. The van der Waals surface area contributed by atoms with Crippen molar-refractivity contribution in [3.8, 4) is 0 Å². The summed E-state index contributed by atoms with van der Waals surface area (Å²) < 4.78 is 30.7. The average molecular weight is 90.0 g/mol. The maximum Gasteiger partial charge on any atom is 1.00 e. The molecule has 0 saturated carbocycles. The van der Waals surface area contributed by atoms with Crippen LogP contribution >= 0.6 is 0 Å². The molecule has 0 unspecified atom stereocenters. The van der Waals surface area contributed by atoms with Crippen molar-refractivity contribution in [1.29, 1.82) is 0 Å². The van der Waals surface area contributed by atoms with Gasteiger partial charge in [-0.15, -0.1) is 0 Å². The van der Waals surface area contributed by atoms with Crippen LogP contribution in [0.15, 0.2) is 12.4 Å². The molecule has 0 heterocycles. The van der Waals surface area contributed by atoms with E-state index in [4.69, 9.17) is 0 Å². The molecule has 32 valence electrons. The zero-order valence-electron chi connectivity index (χ0n) is 4.21. The molecule has 0 amide bonds. The Morgan fingerprint density at radius 1 is 1.50 bits per heavy atom. The Labute approximate surface area is 46.7 Å². The Balaban J connectivity index is -0.0000000800. The summed E-state index contributed by atoms with van der Waals surface area (Å²) >= 11 is 0. The van der Waals surface area contributed by atoms with Crippen LogP contribution in [-0.4, -0.2) is 0 Å². The first-order valence-electron chi connectivity index (χ1n) is 0.885. The summed E-state index contributed by atoms with van der Waals surface area (Å²) in [6.07, 6.45) is -3.04. The van der Waals surface area contributed by atoms with Gasteiger partial charge in [-0.2, -0.15) is 8.78 Å². The van der Waals surface area contributed by atoms with Gasteiger partial charge >= 0.3 is 18.9 Å². The second-order valence-electron chi connectivity index (χ2n) is 0.399. The van der Waals surface area contributed by atoms with Crippen molar-refractivity contribution >= 4 is 0 Å². The van der Waals surface area contributed by atoms with Crippen molar-refractivity contribution in [3.63, 3.8) is 0 Å². The van der Waals surface area contributed by atoms with Gasteiger partial charge in [0.1, 0.15) is 0 Å². The van der Waals surface area contributed by atoms with E-state index < -0.39 is 12.4 Å². The van der Waals surface area contributed by atoms with E-state index >= 15 is 0 Å². The molecule has 0 aromatic heterocycles. The van der Waals surface area contributed by atoms with Crippen LogP contribution in [0.4, 0.5) is 13.2 Å². The van der Waals surface area contributed by atoms with Crippen molar-refractivity contribution in [2.24, 2.45) is 0 Å². The molecule has 4 heteroatoms. The summed E-state index contributed by atoms with van der Waals surface area (Å²) in [6.45, 7) is 0. The van der Waals surface area contributed by atoms with Gasteiger partial charge in [-0.05, 0) is 0 Å². The van der Waals surface area contributed by atoms with Crippen LogP contribution in [0.2, 0.25) is 0 Å². The first-order valence-corrected chi connectivity index (χ1v) is 0.885. The van der Waals surface area contributed by atoms with Crippen molar-refractivity contribution in [2.75, 3.05) is 0 Å². The molecule has 0 aliphatic rings. The molecule has 0 aromatic carbocycles. The molecule has 0 N–H and O–H groups in total. The van der Waals surface area contributed by atoms with E-state index in [1.165, 1.54) is 0 Å². The molecule has 0 saturated heterocycles. The number of hydrogen-bond donors (Lipinski definition) is 0. The molecule has 0 aliphatic heterocycles. The molecule has 0 rings (SSSR count). The van der Waals surface area contributed by atoms with Crippen LogP contribution in [0.25, 0.3) is 0 Å². The fourth-order valence-corrected chi connectivity index (χ4v) is 0. The van der Waals surface area contributed by atoms with E-state index in [0.29, 0.717) is 0 Å². The van der Waals surface area contributed by atoms with Gasteiger partial charge in [-0.3, -0.25) is 0 Å². The van der Waals surface area contributed by atoms with E-state index in [2.05, 4.69) is 0 Å². The van der Waals surface area contributed by atoms with Crippen LogP contribution in [0.5, 0.6) is 0 Å². The third-order valence-corrected chi connectivity index (χ3v) is 0.0825. The average Bonchev–Trinajstić information content (AvgIpc) is 1.38. The number of halogens is 3. The van der Waals surface area contributed by atoms with E-state index in [1.807, 2.05) is 0 Å². The fourth-order valence-electron chi connectivity index (χ4n) is 0. The van der Waals surface area contributed by atoms with Gasteiger partial charge in [0.05, 0.1) is 0 Å². The first-order chi connectivity index (χ1) is 2.27. The van der Waals surface area contributed by atoms with Crippen LogP contribution in [-0.2, 0) is 0 Å². The Hall–Kier alpha value is 0.127. The standard InChI is InChI=1S/C2HF3.Li.H/c3-1-2(4)5;;/h1H;;/q;+1;-1. The van der Waals surface area contributed by atoms with Gasteiger partial charge in [-0.1, -0.05) is 0 Å². The Bertz CT molecular complexity index is 50.9. The Kier molecular flexibility index (Phi) is 8.08. The van der Waals surface area contributed by atoms with E-state index in [0.717, 1.165) is 0 Å². The topological polar surface area (TPSA) is 0 Å². The van der Waals surface area contributed by atoms with Crippen molar-refractivity contribution in [2.45, 2.75) is 0 Å². The summed E-state index contributed by atoms with van der Waals surface area (Å²) in [7, 11) is 0. The van der Waals surface area contributed by atoms with E-state index in [1.54, 1.807) is 0 Å². The molecule has 0 nitrogen and oxygen atoms in total. The van der Waals surface area contributed by atoms with Crippen molar-refractivity contribution < 1.29 is 33.5 Å².